The van der Waals surface area contributed by atoms with Crippen molar-refractivity contribution < 1.29 is 31.4 Å². The molecule has 0 spiro atoms. The van der Waals surface area contributed by atoms with E-state index in [1.54, 1.807) is 0 Å². The molecule has 2 aromatic carbocycles. The minimum atomic E-state index is -4.77. The Balaban J connectivity index is 2.05. The van der Waals surface area contributed by atoms with E-state index in [1.165, 1.54) is 25.5 Å². The summed E-state index contributed by atoms with van der Waals surface area (Å²) in [4.78, 5) is 0. The zero-order chi connectivity index (χ0) is 18.4. The van der Waals surface area contributed by atoms with Crippen LogP contribution in [-0.4, -0.2) is 25.9 Å². The van der Waals surface area contributed by atoms with E-state index in [0.29, 0.717) is 5.56 Å². The van der Waals surface area contributed by atoms with Gasteiger partial charge in [-0.1, -0.05) is 0 Å². The normalized spacial score (nSPS) is 12.1. The van der Waals surface area contributed by atoms with Crippen LogP contribution < -0.4 is 9.47 Å². The van der Waals surface area contributed by atoms with E-state index in [-0.39, 0.29) is 11.5 Å². The summed E-state index contributed by atoms with van der Waals surface area (Å²) in [5.74, 6) is -2.10. The lowest BCUT2D eigenvalue weighted by Crippen LogP contribution is -2.16. The average Bonchev–Trinajstić information content (AvgIpc) is 2.53. The summed E-state index contributed by atoms with van der Waals surface area (Å²) < 4.78 is 71.8. The third kappa shape index (κ3) is 5.55. The number of hydrogen-bond donors (Lipinski definition) is 0. The van der Waals surface area contributed by atoms with Crippen LogP contribution in [0.3, 0.4) is 0 Å². The van der Waals surface area contributed by atoms with Gasteiger partial charge in [-0.2, -0.15) is 10.2 Å². The quantitative estimate of drug-likeness (QED) is 0.454. The Hall–Kier alpha value is -2.97. The van der Waals surface area contributed by atoms with Crippen molar-refractivity contribution in [2.45, 2.75) is 6.36 Å². The van der Waals surface area contributed by atoms with Crippen LogP contribution in [0.1, 0.15) is 11.1 Å². The molecule has 0 saturated carbocycles. The van der Waals surface area contributed by atoms with Crippen molar-refractivity contribution in [2.24, 2.45) is 10.2 Å². The molecule has 9 heteroatoms. The maximum Gasteiger partial charge on any atom is 0.573 e. The van der Waals surface area contributed by atoms with Crippen LogP contribution in [-0.2, 0) is 0 Å². The van der Waals surface area contributed by atoms with Gasteiger partial charge < -0.3 is 9.47 Å². The van der Waals surface area contributed by atoms with Gasteiger partial charge in [-0.05, 0) is 29.8 Å². The molecule has 0 aromatic heterocycles. The number of nitrogens with zero attached hydrogens (tertiary/aromatic N) is 2. The van der Waals surface area contributed by atoms with Crippen molar-refractivity contribution in [1.29, 1.82) is 0 Å². The Labute approximate surface area is 139 Å². The van der Waals surface area contributed by atoms with Gasteiger partial charge in [0.15, 0.2) is 0 Å². The number of rotatable bonds is 5. The first kappa shape index (κ1) is 18.4. The van der Waals surface area contributed by atoms with Crippen molar-refractivity contribution in [2.75, 3.05) is 7.11 Å². The molecule has 0 amide bonds. The first-order valence-corrected chi connectivity index (χ1v) is 6.74. The summed E-state index contributed by atoms with van der Waals surface area (Å²) in [5.41, 5.74) is 0.0224. The molecule has 0 bridgehead atoms. The minimum Gasteiger partial charge on any atom is -0.497 e. The third-order valence-corrected chi connectivity index (χ3v) is 2.86. The van der Waals surface area contributed by atoms with Crippen LogP contribution in [0.5, 0.6) is 11.5 Å². The summed E-state index contributed by atoms with van der Waals surface area (Å²) in [6, 6.07) is 6.81. The van der Waals surface area contributed by atoms with Crippen LogP contribution in [0.2, 0.25) is 0 Å². The van der Waals surface area contributed by atoms with Gasteiger partial charge in [0.1, 0.15) is 23.1 Å². The maximum atomic E-state index is 13.7. The number of methoxy groups -OCH3 is 1. The fourth-order valence-corrected chi connectivity index (χ4v) is 1.75. The monoisotopic (exact) mass is 358 g/mol. The van der Waals surface area contributed by atoms with E-state index in [9.17, 15) is 22.0 Å². The highest BCUT2D eigenvalue weighted by atomic mass is 19.4. The van der Waals surface area contributed by atoms with Crippen molar-refractivity contribution in [3.05, 3.63) is 59.2 Å². The second kappa shape index (κ2) is 7.73. The van der Waals surface area contributed by atoms with Gasteiger partial charge >= 0.3 is 6.36 Å². The SMILES string of the molecule is COc1cc(F)c(C=NN=Cc2ccc(OC(F)(F)F)cc2)c(F)c1. The van der Waals surface area contributed by atoms with Crippen molar-refractivity contribution in [3.63, 3.8) is 0 Å². The molecule has 132 valence electrons. The van der Waals surface area contributed by atoms with Crippen LogP contribution in [0.25, 0.3) is 0 Å². The molecule has 2 aromatic rings. The Kier molecular flexibility index (Phi) is 5.68. The Bertz CT molecular complexity index is 763. The number of benzene rings is 2. The highest BCUT2D eigenvalue weighted by molar-refractivity contribution is 5.83. The fourth-order valence-electron chi connectivity index (χ4n) is 1.75. The molecule has 25 heavy (non-hydrogen) atoms. The zero-order valence-corrected chi connectivity index (χ0v) is 12.7. The number of ether oxygens (including phenoxy) is 2. The molecule has 0 aliphatic heterocycles. The van der Waals surface area contributed by atoms with Gasteiger partial charge in [-0.3, -0.25) is 0 Å². The first-order valence-electron chi connectivity index (χ1n) is 6.74. The largest absolute Gasteiger partial charge is 0.573 e. The molecule has 0 saturated heterocycles. The Morgan fingerprint density at radius 2 is 1.44 bits per heavy atom. The smallest absolute Gasteiger partial charge is 0.497 e. The van der Waals surface area contributed by atoms with E-state index in [1.807, 2.05) is 0 Å². The molecule has 0 atom stereocenters. The molecular formula is C16H11F5N2O2. The molecule has 0 radical (unpaired) electrons. The third-order valence-electron chi connectivity index (χ3n) is 2.86. The molecule has 0 N–H and O–H groups in total. The number of halogens is 5. The second-order valence-corrected chi connectivity index (χ2v) is 4.61. The highest BCUT2D eigenvalue weighted by Gasteiger charge is 2.30. The highest BCUT2D eigenvalue weighted by Crippen LogP contribution is 2.22. The predicted octanol–water partition coefficient (Wildman–Crippen LogP) is 4.33. The van der Waals surface area contributed by atoms with Crippen molar-refractivity contribution in [1.82, 2.24) is 0 Å². The van der Waals surface area contributed by atoms with Crippen LogP contribution >= 0.6 is 0 Å². The number of alkyl halides is 3. The lowest BCUT2D eigenvalue weighted by Gasteiger charge is -2.08. The maximum absolute atomic E-state index is 13.7. The molecule has 0 fully saturated rings. The summed E-state index contributed by atoms with van der Waals surface area (Å²) in [6.07, 6.45) is -2.69. The molecule has 2 rings (SSSR count). The fraction of sp³-hybridized carbons (Fsp3) is 0.125. The summed E-state index contributed by atoms with van der Waals surface area (Å²) in [6.45, 7) is 0. The van der Waals surface area contributed by atoms with Gasteiger partial charge in [0.05, 0.1) is 25.1 Å². The molecule has 0 unspecified atom stereocenters. The van der Waals surface area contributed by atoms with Gasteiger partial charge in [0.2, 0.25) is 0 Å². The van der Waals surface area contributed by atoms with Gasteiger partial charge in [-0.15, -0.1) is 13.2 Å². The molecule has 0 heterocycles. The average molecular weight is 358 g/mol. The van der Waals surface area contributed by atoms with Crippen LogP contribution in [0, 0.1) is 11.6 Å². The van der Waals surface area contributed by atoms with E-state index in [2.05, 4.69) is 14.9 Å². The lowest BCUT2D eigenvalue weighted by atomic mass is 10.2. The summed E-state index contributed by atoms with van der Waals surface area (Å²) >= 11 is 0. The van der Waals surface area contributed by atoms with E-state index >= 15 is 0 Å². The van der Waals surface area contributed by atoms with Gasteiger partial charge in [0, 0.05) is 12.1 Å². The molecule has 0 aliphatic rings. The summed E-state index contributed by atoms with van der Waals surface area (Å²) in [7, 11) is 1.28. The standard InChI is InChI=1S/C16H11F5N2O2/c1-24-12-6-14(17)13(15(18)7-12)9-23-22-8-10-2-4-11(5-3-10)25-16(19,20)21/h2-9H,1H3. The first-order chi connectivity index (χ1) is 11.8. The lowest BCUT2D eigenvalue weighted by molar-refractivity contribution is -0.274. The predicted molar refractivity (Wildman–Crippen MR) is 81.2 cm³/mol. The minimum absolute atomic E-state index is 0.0248. The topological polar surface area (TPSA) is 43.2 Å². The Morgan fingerprint density at radius 3 is 1.96 bits per heavy atom. The number of hydrogen-bond acceptors (Lipinski definition) is 4. The van der Waals surface area contributed by atoms with Crippen LogP contribution in [0.15, 0.2) is 46.6 Å². The van der Waals surface area contributed by atoms with E-state index < -0.39 is 23.6 Å². The van der Waals surface area contributed by atoms with Crippen molar-refractivity contribution in [3.8, 4) is 11.5 Å². The molecular weight excluding hydrogens is 347 g/mol. The van der Waals surface area contributed by atoms with E-state index in [0.717, 1.165) is 30.5 Å². The van der Waals surface area contributed by atoms with Crippen molar-refractivity contribution >= 4 is 12.4 Å². The second-order valence-electron chi connectivity index (χ2n) is 4.61. The molecule has 4 nitrogen and oxygen atoms in total. The Morgan fingerprint density at radius 1 is 0.880 bits per heavy atom. The van der Waals surface area contributed by atoms with Crippen LogP contribution in [0.4, 0.5) is 22.0 Å². The zero-order valence-electron chi connectivity index (χ0n) is 12.7. The van der Waals surface area contributed by atoms with E-state index in [4.69, 9.17) is 4.74 Å². The summed E-state index contributed by atoms with van der Waals surface area (Å²) in [5, 5.41) is 7.09. The molecule has 0 aliphatic carbocycles. The van der Waals surface area contributed by atoms with Gasteiger partial charge in [-0.25, -0.2) is 8.78 Å². The van der Waals surface area contributed by atoms with Gasteiger partial charge in [0.25, 0.3) is 0 Å².